The van der Waals surface area contributed by atoms with Crippen LogP contribution < -0.4 is 10.2 Å². The van der Waals surface area contributed by atoms with Crippen LogP contribution in [0, 0.1) is 20.8 Å². The quantitative estimate of drug-likeness (QED) is 0.357. The summed E-state index contributed by atoms with van der Waals surface area (Å²) in [5.41, 5.74) is 7.56. The Hall–Kier alpha value is -3.97. The van der Waals surface area contributed by atoms with Crippen LogP contribution in [0.4, 0.5) is 5.69 Å². The summed E-state index contributed by atoms with van der Waals surface area (Å²) in [4.78, 5) is 18.2. The molecule has 7 heteroatoms. The molecular weight excluding hydrogens is 456 g/mol. The molecule has 6 nitrogen and oxygen atoms in total. The summed E-state index contributed by atoms with van der Waals surface area (Å²) in [5, 5.41) is 13.5. The summed E-state index contributed by atoms with van der Waals surface area (Å²) in [5.74, 6) is -0.935. The second-order valence-electron chi connectivity index (χ2n) is 8.85. The predicted molar refractivity (Wildman–Crippen MR) is 141 cm³/mol. The fourth-order valence-corrected chi connectivity index (χ4v) is 5.31. The summed E-state index contributed by atoms with van der Waals surface area (Å²) in [6.07, 6.45) is 1.81. The third kappa shape index (κ3) is 4.08. The van der Waals surface area contributed by atoms with E-state index in [9.17, 15) is 9.90 Å². The number of rotatable bonds is 5. The van der Waals surface area contributed by atoms with Crippen LogP contribution >= 0.6 is 12.2 Å². The standard InChI is InChI=1S/C28H26N4O2S/c1-17-7-6-8-22(15-17)32-26(25(30-28(32)35)24-9-4-5-14-29-24)23-16-18(2)31(19(23)3)21-12-10-20(11-13-21)27(33)34/h4-16,25-26H,1-3H3,(H,30,35)(H,33,34)/t25-,26+/m0/s1. The van der Waals surface area contributed by atoms with Crippen molar-refractivity contribution in [3.8, 4) is 5.69 Å². The molecule has 1 aliphatic rings. The van der Waals surface area contributed by atoms with Gasteiger partial charge in [0.2, 0.25) is 0 Å². The van der Waals surface area contributed by atoms with Gasteiger partial charge in [-0.25, -0.2) is 4.79 Å². The van der Waals surface area contributed by atoms with Gasteiger partial charge in [0.15, 0.2) is 5.11 Å². The maximum atomic E-state index is 11.3. The zero-order chi connectivity index (χ0) is 24.7. The number of hydrogen-bond donors (Lipinski definition) is 2. The van der Waals surface area contributed by atoms with Gasteiger partial charge in [0.25, 0.3) is 0 Å². The molecule has 2 aromatic carbocycles. The number of carbonyl (C=O) groups is 1. The first kappa shape index (κ1) is 22.8. The molecule has 4 aromatic rings. The van der Waals surface area contributed by atoms with E-state index in [2.05, 4.69) is 64.8 Å². The largest absolute Gasteiger partial charge is 0.478 e. The van der Waals surface area contributed by atoms with Crippen LogP contribution in [0.1, 0.15) is 50.7 Å². The first-order valence-electron chi connectivity index (χ1n) is 11.4. The van der Waals surface area contributed by atoms with Crippen LogP contribution in [-0.4, -0.2) is 25.7 Å². The number of hydrogen-bond acceptors (Lipinski definition) is 3. The average Bonchev–Trinajstić information content (AvgIpc) is 3.34. The van der Waals surface area contributed by atoms with E-state index < -0.39 is 5.97 Å². The topological polar surface area (TPSA) is 70.4 Å². The van der Waals surface area contributed by atoms with Gasteiger partial charge in [-0.1, -0.05) is 18.2 Å². The number of aromatic carboxylic acids is 1. The zero-order valence-corrected chi connectivity index (χ0v) is 20.6. The lowest BCUT2D eigenvalue weighted by Gasteiger charge is -2.28. The van der Waals surface area contributed by atoms with Crippen molar-refractivity contribution in [3.05, 3.63) is 113 Å². The first-order valence-corrected chi connectivity index (χ1v) is 11.9. The highest BCUT2D eigenvalue weighted by Crippen LogP contribution is 2.43. The SMILES string of the molecule is Cc1cccc(N2C(=S)N[C@@H](c3ccccn3)[C@H]2c2cc(C)n(-c3ccc(C(=O)O)cc3)c2C)c1. The highest BCUT2D eigenvalue weighted by atomic mass is 32.1. The number of carboxylic acids is 1. The van der Waals surface area contributed by atoms with Crippen molar-refractivity contribution in [1.29, 1.82) is 0 Å². The number of carboxylic acid groups (broad SMARTS) is 1. The first-order chi connectivity index (χ1) is 16.8. The van der Waals surface area contributed by atoms with Crippen molar-refractivity contribution < 1.29 is 9.90 Å². The fourth-order valence-electron chi connectivity index (χ4n) is 4.96. The van der Waals surface area contributed by atoms with E-state index in [1.54, 1.807) is 18.3 Å². The van der Waals surface area contributed by atoms with Gasteiger partial charge in [0.05, 0.1) is 23.3 Å². The molecule has 2 atom stereocenters. The Morgan fingerprint density at radius 3 is 2.40 bits per heavy atom. The minimum absolute atomic E-state index is 0.113. The smallest absolute Gasteiger partial charge is 0.335 e. The van der Waals surface area contributed by atoms with Crippen molar-refractivity contribution in [3.63, 3.8) is 0 Å². The molecule has 176 valence electrons. The highest BCUT2D eigenvalue weighted by molar-refractivity contribution is 7.80. The molecule has 2 aromatic heterocycles. The Labute approximate surface area is 209 Å². The molecule has 0 bridgehead atoms. The van der Waals surface area contributed by atoms with E-state index in [0.717, 1.165) is 39.6 Å². The van der Waals surface area contributed by atoms with Gasteiger partial charge in [-0.05, 0) is 98.7 Å². The van der Waals surface area contributed by atoms with E-state index in [4.69, 9.17) is 12.2 Å². The van der Waals surface area contributed by atoms with Crippen molar-refractivity contribution in [2.24, 2.45) is 0 Å². The summed E-state index contributed by atoms with van der Waals surface area (Å²) < 4.78 is 2.16. The van der Waals surface area contributed by atoms with Gasteiger partial charge >= 0.3 is 5.97 Å². The van der Waals surface area contributed by atoms with Gasteiger partial charge in [-0.2, -0.15) is 0 Å². The molecule has 3 heterocycles. The van der Waals surface area contributed by atoms with E-state index in [-0.39, 0.29) is 17.6 Å². The molecule has 35 heavy (non-hydrogen) atoms. The minimum Gasteiger partial charge on any atom is -0.478 e. The van der Waals surface area contributed by atoms with Crippen LogP contribution in [0.25, 0.3) is 5.69 Å². The highest BCUT2D eigenvalue weighted by Gasteiger charge is 2.42. The average molecular weight is 483 g/mol. The fraction of sp³-hybridized carbons (Fsp3) is 0.179. The van der Waals surface area contributed by atoms with Crippen molar-refractivity contribution in [2.75, 3.05) is 4.90 Å². The van der Waals surface area contributed by atoms with E-state index in [1.165, 1.54) is 0 Å². The molecule has 1 fully saturated rings. The van der Waals surface area contributed by atoms with Crippen molar-refractivity contribution >= 4 is 29.0 Å². The van der Waals surface area contributed by atoms with Crippen molar-refractivity contribution in [1.82, 2.24) is 14.9 Å². The number of nitrogens with zero attached hydrogens (tertiary/aromatic N) is 3. The molecule has 5 rings (SSSR count). The Bertz CT molecular complexity index is 1410. The van der Waals surface area contributed by atoms with Crippen LogP contribution in [0.5, 0.6) is 0 Å². The van der Waals surface area contributed by atoms with Gasteiger partial charge in [-0.3, -0.25) is 4.98 Å². The van der Waals surface area contributed by atoms with E-state index >= 15 is 0 Å². The van der Waals surface area contributed by atoms with E-state index in [1.807, 2.05) is 36.4 Å². The predicted octanol–water partition coefficient (Wildman–Crippen LogP) is 5.67. The van der Waals surface area contributed by atoms with Gasteiger partial charge in [0.1, 0.15) is 0 Å². The Morgan fingerprint density at radius 2 is 1.74 bits per heavy atom. The molecule has 0 aliphatic carbocycles. The van der Waals surface area contributed by atoms with Crippen LogP contribution in [0.2, 0.25) is 0 Å². The molecule has 0 spiro atoms. The molecule has 0 amide bonds. The van der Waals surface area contributed by atoms with Gasteiger partial charge in [0, 0.05) is 29.0 Å². The third-order valence-corrected chi connectivity index (χ3v) is 6.85. The Morgan fingerprint density at radius 1 is 0.971 bits per heavy atom. The lowest BCUT2D eigenvalue weighted by molar-refractivity contribution is 0.0697. The summed E-state index contributed by atoms with van der Waals surface area (Å²) in [6.45, 7) is 6.24. The van der Waals surface area contributed by atoms with Crippen LogP contribution in [0.3, 0.4) is 0 Å². The second-order valence-corrected chi connectivity index (χ2v) is 9.24. The molecule has 0 unspecified atom stereocenters. The van der Waals surface area contributed by atoms with Crippen LogP contribution in [-0.2, 0) is 0 Å². The zero-order valence-electron chi connectivity index (χ0n) is 19.8. The van der Waals surface area contributed by atoms with E-state index in [0.29, 0.717) is 5.11 Å². The molecule has 1 aliphatic heterocycles. The van der Waals surface area contributed by atoms with Gasteiger partial charge < -0.3 is 19.9 Å². The minimum atomic E-state index is -0.935. The Kier molecular flexibility index (Phi) is 5.86. The van der Waals surface area contributed by atoms with Gasteiger partial charge in [-0.15, -0.1) is 0 Å². The van der Waals surface area contributed by atoms with Crippen molar-refractivity contribution in [2.45, 2.75) is 32.9 Å². The van der Waals surface area contributed by atoms with Crippen LogP contribution in [0.15, 0.2) is 79.0 Å². The third-order valence-electron chi connectivity index (χ3n) is 6.54. The number of aryl methyl sites for hydroxylation is 2. The Balaban J connectivity index is 1.66. The molecule has 2 N–H and O–H groups in total. The lowest BCUT2D eigenvalue weighted by atomic mass is 9.96. The molecular formula is C28H26N4O2S. The number of aromatic nitrogens is 2. The normalized spacial score (nSPS) is 17.5. The lowest BCUT2D eigenvalue weighted by Crippen LogP contribution is -2.29. The monoisotopic (exact) mass is 482 g/mol. The summed E-state index contributed by atoms with van der Waals surface area (Å²) >= 11 is 5.86. The molecule has 1 saturated heterocycles. The molecule has 0 radical (unpaired) electrons. The molecule has 0 saturated carbocycles. The number of thiocarbonyl (C=S) groups is 1. The number of nitrogens with one attached hydrogen (secondary N) is 1. The maximum absolute atomic E-state index is 11.3. The number of pyridine rings is 1. The second kappa shape index (κ2) is 9.00. The summed E-state index contributed by atoms with van der Waals surface area (Å²) in [6, 6.07) is 23.2. The number of anilines is 1. The number of benzene rings is 2. The maximum Gasteiger partial charge on any atom is 0.335 e. The summed E-state index contributed by atoms with van der Waals surface area (Å²) in [7, 11) is 0.